The lowest BCUT2D eigenvalue weighted by molar-refractivity contribution is 1.30. The fraction of sp³-hybridized carbons (Fsp3) is 0. The van der Waals surface area contributed by atoms with Crippen molar-refractivity contribution in [2.24, 2.45) is 0 Å². The molecular weight excluding hydrogens is 542 g/mol. The van der Waals surface area contributed by atoms with Crippen molar-refractivity contribution < 1.29 is 0 Å². The molecule has 1 nitrogen and oxygen atoms in total. The van der Waals surface area contributed by atoms with E-state index in [1.807, 2.05) is 0 Å². The molecule has 0 saturated carbocycles. The Morgan fingerprint density at radius 1 is 0.311 bits per heavy atom. The van der Waals surface area contributed by atoms with Crippen LogP contribution in [0.2, 0.25) is 0 Å². The van der Waals surface area contributed by atoms with Crippen molar-refractivity contribution in [1.82, 2.24) is 0 Å². The van der Waals surface area contributed by atoms with Crippen LogP contribution < -0.4 is 4.90 Å². The SMILES string of the molecule is c1ccc(-c2ccc(N(c3ccc4ccccc4c3)c3c4c(c(-c5ccccc5)c5ccccc35)-c3ccccc3-4)cc2)cc1. The van der Waals surface area contributed by atoms with Crippen LogP contribution in [-0.2, 0) is 0 Å². The quantitative estimate of drug-likeness (QED) is 0.199. The zero-order valence-corrected chi connectivity index (χ0v) is 24.7. The van der Waals surface area contributed by atoms with E-state index in [1.165, 1.54) is 71.7 Å². The van der Waals surface area contributed by atoms with Gasteiger partial charge in [-0.2, -0.15) is 0 Å². The second kappa shape index (κ2) is 10.4. The summed E-state index contributed by atoms with van der Waals surface area (Å²) in [6, 6.07) is 63.8. The van der Waals surface area contributed by atoms with Gasteiger partial charge in [0.15, 0.2) is 0 Å². The highest BCUT2D eigenvalue weighted by molar-refractivity contribution is 6.25. The monoisotopic (exact) mass is 571 g/mol. The Morgan fingerprint density at radius 3 is 1.58 bits per heavy atom. The molecule has 45 heavy (non-hydrogen) atoms. The van der Waals surface area contributed by atoms with Gasteiger partial charge in [0.05, 0.1) is 5.69 Å². The van der Waals surface area contributed by atoms with Gasteiger partial charge in [-0.1, -0.05) is 152 Å². The molecule has 0 bridgehead atoms. The standard InChI is InChI=1S/C44H29N/c1-3-13-30(14-4-1)32-23-26-35(27-24-32)45(36-28-25-31-15-7-8-18-34(31)29-36)44-40-22-12-11-21-39(40)41(33-16-5-2-6-17-33)42-37-19-9-10-20-38(37)43(42)44/h1-29H. The summed E-state index contributed by atoms with van der Waals surface area (Å²) < 4.78 is 0. The number of anilines is 3. The molecule has 8 aromatic carbocycles. The normalized spacial score (nSPS) is 11.6. The average molecular weight is 572 g/mol. The predicted molar refractivity (Wildman–Crippen MR) is 191 cm³/mol. The van der Waals surface area contributed by atoms with Crippen LogP contribution in [0.4, 0.5) is 17.1 Å². The summed E-state index contributed by atoms with van der Waals surface area (Å²) in [4.78, 5) is 2.48. The van der Waals surface area contributed by atoms with Gasteiger partial charge in [-0.25, -0.2) is 0 Å². The van der Waals surface area contributed by atoms with E-state index in [2.05, 4.69) is 181 Å². The third-order valence-electron chi connectivity index (χ3n) is 9.16. The average Bonchev–Trinajstić information content (AvgIpc) is 3.11. The fourth-order valence-electron chi connectivity index (χ4n) is 7.10. The molecule has 210 valence electrons. The zero-order valence-electron chi connectivity index (χ0n) is 24.7. The van der Waals surface area contributed by atoms with E-state index in [4.69, 9.17) is 0 Å². The molecule has 0 spiro atoms. The molecule has 1 aliphatic rings. The van der Waals surface area contributed by atoms with Crippen LogP contribution in [0, 0.1) is 0 Å². The fourth-order valence-corrected chi connectivity index (χ4v) is 7.10. The maximum Gasteiger partial charge on any atom is 0.0625 e. The highest BCUT2D eigenvalue weighted by atomic mass is 15.1. The van der Waals surface area contributed by atoms with Crippen LogP contribution in [0.15, 0.2) is 176 Å². The third-order valence-corrected chi connectivity index (χ3v) is 9.16. The summed E-state index contributed by atoms with van der Waals surface area (Å²) in [5.74, 6) is 0. The molecule has 9 rings (SSSR count). The summed E-state index contributed by atoms with van der Waals surface area (Å²) in [6.45, 7) is 0. The Morgan fingerprint density at radius 2 is 0.844 bits per heavy atom. The lowest BCUT2D eigenvalue weighted by Crippen LogP contribution is -2.15. The third kappa shape index (κ3) is 4.09. The minimum atomic E-state index is 1.13. The van der Waals surface area contributed by atoms with Gasteiger partial charge in [0, 0.05) is 27.9 Å². The zero-order chi connectivity index (χ0) is 29.7. The van der Waals surface area contributed by atoms with E-state index in [1.54, 1.807) is 0 Å². The van der Waals surface area contributed by atoms with Crippen molar-refractivity contribution in [1.29, 1.82) is 0 Å². The molecule has 0 atom stereocenters. The van der Waals surface area contributed by atoms with E-state index in [9.17, 15) is 0 Å². The molecule has 1 aliphatic carbocycles. The van der Waals surface area contributed by atoms with Gasteiger partial charge in [0.1, 0.15) is 0 Å². The maximum absolute atomic E-state index is 2.48. The summed E-state index contributed by atoms with van der Waals surface area (Å²) >= 11 is 0. The summed E-state index contributed by atoms with van der Waals surface area (Å²) in [5.41, 5.74) is 13.7. The van der Waals surface area contributed by atoms with Crippen molar-refractivity contribution in [2.45, 2.75) is 0 Å². The van der Waals surface area contributed by atoms with Crippen LogP contribution in [0.25, 0.3) is 66.1 Å². The maximum atomic E-state index is 2.48. The summed E-state index contributed by atoms with van der Waals surface area (Å²) in [7, 11) is 0. The molecule has 0 radical (unpaired) electrons. The molecule has 0 heterocycles. The molecule has 0 N–H and O–H groups in total. The van der Waals surface area contributed by atoms with Crippen molar-refractivity contribution in [2.75, 3.05) is 4.90 Å². The van der Waals surface area contributed by atoms with Crippen LogP contribution in [0.3, 0.4) is 0 Å². The van der Waals surface area contributed by atoms with E-state index in [0.717, 1.165) is 11.4 Å². The van der Waals surface area contributed by atoms with Gasteiger partial charge in [0.25, 0.3) is 0 Å². The Labute approximate surface area is 263 Å². The first-order chi connectivity index (χ1) is 22.3. The Balaban J connectivity index is 1.36. The number of benzene rings is 8. The van der Waals surface area contributed by atoms with Crippen LogP contribution in [0.1, 0.15) is 0 Å². The van der Waals surface area contributed by atoms with E-state index in [0.29, 0.717) is 0 Å². The first-order valence-electron chi connectivity index (χ1n) is 15.5. The molecule has 0 fully saturated rings. The van der Waals surface area contributed by atoms with Crippen LogP contribution in [0.5, 0.6) is 0 Å². The molecule has 8 aromatic rings. The highest BCUT2D eigenvalue weighted by Crippen LogP contribution is 2.61. The molecule has 0 aliphatic heterocycles. The van der Waals surface area contributed by atoms with Crippen molar-refractivity contribution in [3.8, 4) is 44.5 Å². The molecule has 0 unspecified atom stereocenters. The molecule has 1 heteroatoms. The van der Waals surface area contributed by atoms with E-state index >= 15 is 0 Å². The predicted octanol–water partition coefficient (Wildman–Crippen LogP) is 12.4. The molecule has 0 aromatic heterocycles. The number of fused-ring (bicyclic) bond motifs is 6. The second-order valence-corrected chi connectivity index (χ2v) is 11.7. The van der Waals surface area contributed by atoms with Crippen molar-refractivity contribution >= 4 is 38.6 Å². The van der Waals surface area contributed by atoms with E-state index < -0.39 is 0 Å². The first kappa shape index (κ1) is 25.6. The lowest BCUT2D eigenvalue weighted by Gasteiger charge is -2.37. The number of rotatable bonds is 5. The molecule has 0 saturated heterocycles. The second-order valence-electron chi connectivity index (χ2n) is 11.7. The van der Waals surface area contributed by atoms with Gasteiger partial charge in [-0.15, -0.1) is 0 Å². The first-order valence-corrected chi connectivity index (χ1v) is 15.5. The number of nitrogens with zero attached hydrogens (tertiary/aromatic N) is 1. The largest absolute Gasteiger partial charge is 0.309 e. The highest BCUT2D eigenvalue weighted by Gasteiger charge is 2.34. The smallest absolute Gasteiger partial charge is 0.0625 e. The van der Waals surface area contributed by atoms with Gasteiger partial charge < -0.3 is 4.90 Å². The van der Waals surface area contributed by atoms with Crippen LogP contribution in [-0.4, -0.2) is 0 Å². The number of hydrogen-bond acceptors (Lipinski definition) is 1. The lowest BCUT2D eigenvalue weighted by atomic mass is 9.73. The van der Waals surface area contributed by atoms with Gasteiger partial charge >= 0.3 is 0 Å². The summed E-state index contributed by atoms with van der Waals surface area (Å²) in [5, 5.41) is 4.97. The molecular formula is C44H29N. The van der Waals surface area contributed by atoms with Gasteiger partial charge in [-0.3, -0.25) is 0 Å². The van der Waals surface area contributed by atoms with Crippen LogP contribution >= 0.6 is 0 Å². The summed E-state index contributed by atoms with van der Waals surface area (Å²) in [6.07, 6.45) is 0. The Hall–Kier alpha value is -5.92. The van der Waals surface area contributed by atoms with Crippen molar-refractivity contribution in [3.63, 3.8) is 0 Å². The number of hydrogen-bond donors (Lipinski definition) is 0. The van der Waals surface area contributed by atoms with Gasteiger partial charge in [-0.05, 0) is 73.8 Å². The minimum Gasteiger partial charge on any atom is -0.309 e. The molecule has 0 amide bonds. The Kier molecular flexibility index (Phi) is 5.89. The van der Waals surface area contributed by atoms with E-state index in [-0.39, 0.29) is 0 Å². The van der Waals surface area contributed by atoms with Gasteiger partial charge in [0.2, 0.25) is 0 Å². The van der Waals surface area contributed by atoms with Crippen molar-refractivity contribution in [3.05, 3.63) is 176 Å². The Bertz CT molecular complexity index is 2350. The minimum absolute atomic E-state index is 1.13. The topological polar surface area (TPSA) is 3.24 Å².